The summed E-state index contributed by atoms with van der Waals surface area (Å²) in [6.45, 7) is 6.10. The second-order valence-corrected chi connectivity index (χ2v) is 9.88. The number of rotatable bonds is 7. The van der Waals surface area contributed by atoms with Gasteiger partial charge in [0.1, 0.15) is 17.2 Å². The molecule has 0 bridgehead atoms. The van der Waals surface area contributed by atoms with Gasteiger partial charge < -0.3 is 15.1 Å². The van der Waals surface area contributed by atoms with E-state index in [0.29, 0.717) is 37.1 Å². The van der Waals surface area contributed by atoms with Crippen molar-refractivity contribution in [2.45, 2.75) is 32.7 Å². The van der Waals surface area contributed by atoms with Gasteiger partial charge in [-0.05, 0) is 41.8 Å². The Bertz CT molecular complexity index is 1430. The molecule has 36 heavy (non-hydrogen) atoms. The Morgan fingerprint density at radius 3 is 2.47 bits per heavy atom. The predicted molar refractivity (Wildman–Crippen MR) is 138 cm³/mol. The molecule has 0 radical (unpaired) electrons. The minimum atomic E-state index is -2.50. The summed E-state index contributed by atoms with van der Waals surface area (Å²) < 4.78 is 23.2. The summed E-state index contributed by atoms with van der Waals surface area (Å²) in [7, 11) is -2.50. The van der Waals surface area contributed by atoms with Gasteiger partial charge in [-0.15, -0.1) is 0 Å². The van der Waals surface area contributed by atoms with E-state index in [1.807, 2.05) is 19.1 Å². The molecule has 1 aliphatic rings. The van der Waals surface area contributed by atoms with Gasteiger partial charge in [0, 0.05) is 45.3 Å². The fourth-order valence-electron chi connectivity index (χ4n) is 4.33. The molecule has 3 aromatic rings. The Labute approximate surface area is 210 Å². The molecule has 1 N–H and O–H groups in total. The molecule has 1 fully saturated rings. The van der Waals surface area contributed by atoms with Crippen molar-refractivity contribution < 1.29 is 18.0 Å². The van der Waals surface area contributed by atoms with Crippen LogP contribution in [0.3, 0.4) is 0 Å². The van der Waals surface area contributed by atoms with Gasteiger partial charge in [-0.1, -0.05) is 18.2 Å². The molecule has 2 heterocycles. The van der Waals surface area contributed by atoms with Crippen LogP contribution in [0.2, 0.25) is 0 Å². The molecule has 2 amide bonds. The highest BCUT2D eigenvalue weighted by molar-refractivity contribution is 7.71. The van der Waals surface area contributed by atoms with Gasteiger partial charge in [0.05, 0.1) is 23.0 Å². The van der Waals surface area contributed by atoms with E-state index in [4.69, 9.17) is 0 Å². The lowest BCUT2D eigenvalue weighted by Crippen LogP contribution is -2.48. The Hall–Kier alpha value is -3.73. The maximum absolute atomic E-state index is 13.1. The van der Waals surface area contributed by atoms with Crippen LogP contribution in [-0.2, 0) is 39.1 Å². The highest BCUT2D eigenvalue weighted by atomic mass is 32.2. The normalized spacial score (nSPS) is 13.9. The molecule has 0 saturated carbocycles. The first-order chi connectivity index (χ1) is 17.2. The number of piperazine rings is 1. The van der Waals surface area contributed by atoms with Crippen molar-refractivity contribution in [2.75, 3.05) is 31.1 Å². The first-order valence-electron chi connectivity index (χ1n) is 11.7. The van der Waals surface area contributed by atoms with Crippen molar-refractivity contribution in [3.05, 3.63) is 69.8 Å². The summed E-state index contributed by atoms with van der Waals surface area (Å²) in [5.41, 5.74) is 3.55. The molecular formula is C25H29N5O5S. The summed E-state index contributed by atoms with van der Waals surface area (Å²) in [4.78, 5) is 45.5. The van der Waals surface area contributed by atoms with Crippen LogP contribution in [0.25, 0.3) is 10.9 Å². The number of aromatic nitrogens is 2. The molecular weight excluding hydrogens is 482 g/mol. The highest BCUT2D eigenvalue weighted by Crippen LogP contribution is 2.20. The third-order valence-corrected chi connectivity index (χ3v) is 7.01. The fraction of sp³-hybridized carbons (Fsp3) is 0.360. The molecule has 0 atom stereocenters. The SMILES string of the molecule is CC(=O)N1CCN(c2ccc3ncn(CC(=O)NCc4ccc(C[SH](=O)=O)c(C)c4)c(=O)c3c2)CC1. The summed E-state index contributed by atoms with van der Waals surface area (Å²) in [6.07, 6.45) is 1.37. The van der Waals surface area contributed by atoms with Gasteiger partial charge in [-0.3, -0.25) is 19.0 Å². The second-order valence-electron chi connectivity index (χ2n) is 8.90. The minimum Gasteiger partial charge on any atom is -0.368 e. The summed E-state index contributed by atoms with van der Waals surface area (Å²) in [5.74, 6) is -0.288. The maximum Gasteiger partial charge on any atom is 0.261 e. The van der Waals surface area contributed by atoms with Gasteiger partial charge in [-0.2, -0.15) is 0 Å². The minimum absolute atomic E-state index is 0.0119. The van der Waals surface area contributed by atoms with Gasteiger partial charge >= 0.3 is 0 Å². The lowest BCUT2D eigenvalue weighted by atomic mass is 10.1. The smallest absolute Gasteiger partial charge is 0.261 e. The molecule has 0 aliphatic carbocycles. The topological polar surface area (TPSA) is 122 Å². The third-order valence-electron chi connectivity index (χ3n) is 6.41. The summed E-state index contributed by atoms with van der Waals surface area (Å²) in [6, 6.07) is 10.9. The van der Waals surface area contributed by atoms with Gasteiger partial charge in [0.2, 0.25) is 11.8 Å². The molecule has 10 nitrogen and oxygen atoms in total. The monoisotopic (exact) mass is 511 g/mol. The van der Waals surface area contributed by atoms with Crippen LogP contribution < -0.4 is 15.8 Å². The number of nitrogens with zero attached hydrogens (tertiary/aromatic N) is 4. The van der Waals surface area contributed by atoms with E-state index >= 15 is 0 Å². The van der Waals surface area contributed by atoms with Gasteiger partial charge in [0.25, 0.3) is 5.56 Å². The number of carbonyl (C=O) groups is 2. The number of benzene rings is 2. The van der Waals surface area contributed by atoms with Crippen molar-refractivity contribution in [1.82, 2.24) is 19.8 Å². The second kappa shape index (κ2) is 10.9. The predicted octanol–water partition coefficient (Wildman–Crippen LogP) is 0.801. The Morgan fingerprint density at radius 2 is 1.81 bits per heavy atom. The number of thiol groups is 1. The molecule has 0 unspecified atom stereocenters. The Morgan fingerprint density at radius 1 is 1.06 bits per heavy atom. The first kappa shape index (κ1) is 25.4. The molecule has 1 aliphatic heterocycles. The number of amides is 2. The quantitative estimate of drug-likeness (QED) is 0.450. The Kier molecular flexibility index (Phi) is 7.68. The zero-order valence-corrected chi connectivity index (χ0v) is 21.2. The fourth-order valence-corrected chi connectivity index (χ4v) is 4.96. The molecule has 1 aromatic heterocycles. The zero-order chi connectivity index (χ0) is 25.8. The molecule has 2 aromatic carbocycles. The van der Waals surface area contributed by atoms with Crippen LogP contribution in [0.1, 0.15) is 23.6 Å². The average Bonchev–Trinajstić information content (AvgIpc) is 2.85. The van der Waals surface area contributed by atoms with Crippen molar-refractivity contribution in [3.8, 4) is 0 Å². The van der Waals surface area contributed by atoms with Crippen LogP contribution in [0, 0.1) is 6.92 Å². The average molecular weight is 512 g/mol. The summed E-state index contributed by atoms with van der Waals surface area (Å²) in [5, 5.41) is 3.23. The number of hydrogen-bond donors (Lipinski definition) is 2. The Balaban J connectivity index is 1.43. The van der Waals surface area contributed by atoms with Crippen LogP contribution >= 0.6 is 0 Å². The first-order valence-corrected chi connectivity index (χ1v) is 13.0. The van der Waals surface area contributed by atoms with E-state index in [9.17, 15) is 22.8 Å². The number of anilines is 1. The number of hydrogen-bond acceptors (Lipinski definition) is 7. The third kappa shape index (κ3) is 5.91. The van der Waals surface area contributed by atoms with Crippen LogP contribution in [0.4, 0.5) is 5.69 Å². The molecule has 4 rings (SSSR count). The van der Waals surface area contributed by atoms with E-state index in [1.54, 1.807) is 36.1 Å². The standard InChI is InChI=1S/C25H29N5O5S/c1-17-11-19(3-4-20(17)15-36(34)35)13-26-24(32)14-30-16-27-23-6-5-21(12-22(23)25(30)33)29-9-7-28(8-10-29)18(2)31/h3-6,11-12,16,36H,7-10,13-15H2,1-2H3,(H,26,32). The maximum atomic E-state index is 13.1. The van der Waals surface area contributed by atoms with E-state index in [1.165, 1.54) is 10.9 Å². The van der Waals surface area contributed by atoms with E-state index < -0.39 is 10.7 Å². The molecule has 1 saturated heterocycles. The van der Waals surface area contributed by atoms with E-state index in [-0.39, 0.29) is 36.2 Å². The molecule has 190 valence electrons. The van der Waals surface area contributed by atoms with Crippen molar-refractivity contribution >= 4 is 39.1 Å². The van der Waals surface area contributed by atoms with Crippen LogP contribution in [0.15, 0.2) is 47.5 Å². The van der Waals surface area contributed by atoms with Gasteiger partial charge in [-0.25, -0.2) is 13.4 Å². The number of nitrogens with one attached hydrogen (secondary N) is 1. The van der Waals surface area contributed by atoms with Crippen molar-refractivity contribution in [3.63, 3.8) is 0 Å². The van der Waals surface area contributed by atoms with Crippen LogP contribution in [-0.4, -0.2) is 60.9 Å². The summed E-state index contributed by atoms with van der Waals surface area (Å²) >= 11 is 0. The molecule has 11 heteroatoms. The van der Waals surface area contributed by atoms with Crippen molar-refractivity contribution in [2.24, 2.45) is 0 Å². The van der Waals surface area contributed by atoms with Crippen LogP contribution in [0.5, 0.6) is 0 Å². The lowest BCUT2D eigenvalue weighted by Gasteiger charge is -2.35. The highest BCUT2D eigenvalue weighted by Gasteiger charge is 2.19. The lowest BCUT2D eigenvalue weighted by molar-refractivity contribution is -0.129. The van der Waals surface area contributed by atoms with E-state index in [0.717, 1.165) is 22.4 Å². The zero-order valence-electron chi connectivity index (χ0n) is 20.3. The largest absolute Gasteiger partial charge is 0.368 e. The number of carbonyl (C=O) groups excluding carboxylic acids is 2. The molecule has 0 spiro atoms. The number of fused-ring (bicyclic) bond motifs is 1. The number of aryl methyl sites for hydroxylation is 1. The van der Waals surface area contributed by atoms with E-state index in [2.05, 4.69) is 15.2 Å². The van der Waals surface area contributed by atoms with Gasteiger partial charge in [0.15, 0.2) is 0 Å². The van der Waals surface area contributed by atoms with Crippen molar-refractivity contribution in [1.29, 1.82) is 0 Å².